The number of nitrogens with one attached hydrogen (secondary N) is 3. The highest BCUT2D eigenvalue weighted by Crippen LogP contribution is 2.21. The summed E-state index contributed by atoms with van der Waals surface area (Å²) in [6, 6.07) is -0.670. The summed E-state index contributed by atoms with van der Waals surface area (Å²) in [6.45, 7) is 1.67. The minimum absolute atomic E-state index is 0.235. The number of esters is 3. The van der Waals surface area contributed by atoms with Crippen molar-refractivity contribution in [3.05, 3.63) is 12.2 Å². The molecule has 1 saturated heterocycles. The van der Waals surface area contributed by atoms with Crippen molar-refractivity contribution in [2.24, 2.45) is 0 Å². The van der Waals surface area contributed by atoms with Gasteiger partial charge in [-0.2, -0.15) is 0 Å². The van der Waals surface area contributed by atoms with Crippen molar-refractivity contribution >= 4 is 35.8 Å². The number of carbonyl (C=O) groups excluding carboxylic acids is 6. The maximum Gasteiger partial charge on any atom is 0.421 e. The normalized spacial score (nSPS) is 26.5. The van der Waals surface area contributed by atoms with Crippen LogP contribution in [0.15, 0.2) is 12.2 Å². The van der Waals surface area contributed by atoms with Gasteiger partial charge in [-0.25, -0.2) is 25.0 Å². The lowest BCUT2D eigenvalue weighted by Gasteiger charge is -2.37. The molecule has 0 radical (unpaired) electrons. The summed E-state index contributed by atoms with van der Waals surface area (Å²) < 4.78 is 20.0. The number of cyclic esters (lactones) is 2. The van der Waals surface area contributed by atoms with Crippen molar-refractivity contribution in [1.29, 1.82) is 0 Å². The largest absolute Gasteiger partial charge is 0.421 e. The number of ether oxygens (including phenoxy) is 4. The standard InChI is InChI=1S/C22H30N4O10/c1-13(27)33-21-24-14-7-3-4-8-15(14)25-22(35-19(31)18(30)34-21)36-20(32)23-11-5-2-6-12-26-16(28)9-10-17(26)29/h9-10,14-15,21-22,24-25H,2-8,11-12H2,1H3,(H,23,32)/t14-,15-,21?,22+/m1/s1. The Morgan fingerprint density at radius 2 is 1.47 bits per heavy atom. The van der Waals surface area contributed by atoms with Crippen LogP contribution in [-0.4, -0.2) is 78.7 Å². The molecule has 3 aliphatic rings. The van der Waals surface area contributed by atoms with Gasteiger partial charge in [0.1, 0.15) is 0 Å². The molecule has 1 aliphatic carbocycles. The number of carbonyl (C=O) groups is 6. The third-order valence-corrected chi connectivity index (χ3v) is 5.78. The molecule has 2 fully saturated rings. The molecule has 1 saturated carbocycles. The van der Waals surface area contributed by atoms with Gasteiger partial charge in [0.2, 0.25) is 0 Å². The third-order valence-electron chi connectivity index (χ3n) is 5.78. The van der Waals surface area contributed by atoms with Crippen LogP contribution >= 0.6 is 0 Å². The van der Waals surface area contributed by atoms with E-state index in [0.717, 1.165) is 24.7 Å². The molecule has 2 aliphatic heterocycles. The van der Waals surface area contributed by atoms with E-state index in [1.807, 2.05) is 0 Å². The fourth-order valence-corrected chi connectivity index (χ4v) is 4.06. The SMILES string of the molecule is CC(=O)OC1N[C@@H]2CCCC[C@H]2N[C@H](OC(=O)NCCCCCN2C(=O)C=CC2=O)OC(=O)C(=O)O1. The Morgan fingerprint density at radius 3 is 2.03 bits per heavy atom. The van der Waals surface area contributed by atoms with E-state index in [2.05, 4.69) is 16.0 Å². The van der Waals surface area contributed by atoms with Gasteiger partial charge in [-0.3, -0.25) is 19.3 Å². The first-order chi connectivity index (χ1) is 17.2. The Labute approximate surface area is 207 Å². The van der Waals surface area contributed by atoms with Crippen LogP contribution in [-0.2, 0) is 42.9 Å². The molecule has 1 unspecified atom stereocenters. The van der Waals surface area contributed by atoms with Gasteiger partial charge in [0.25, 0.3) is 11.8 Å². The number of hydrogen-bond donors (Lipinski definition) is 3. The lowest BCUT2D eigenvalue weighted by atomic mass is 9.90. The van der Waals surface area contributed by atoms with Crippen molar-refractivity contribution in [2.45, 2.75) is 76.8 Å². The molecule has 14 heteroatoms. The second-order valence-electron chi connectivity index (χ2n) is 8.47. The van der Waals surface area contributed by atoms with Crippen molar-refractivity contribution < 1.29 is 47.7 Å². The van der Waals surface area contributed by atoms with Gasteiger partial charge in [-0.1, -0.05) is 12.8 Å². The number of alkyl carbamates (subject to hydrolysis) is 1. The second kappa shape index (κ2) is 13.0. The van der Waals surface area contributed by atoms with Gasteiger partial charge >= 0.3 is 36.8 Å². The van der Waals surface area contributed by atoms with Gasteiger partial charge in [0, 0.05) is 44.2 Å². The summed E-state index contributed by atoms with van der Waals surface area (Å²) in [5.74, 6) is -4.25. The molecule has 0 spiro atoms. The quantitative estimate of drug-likeness (QED) is 0.166. The molecule has 198 valence electrons. The molecule has 3 N–H and O–H groups in total. The number of amides is 3. The predicted octanol–water partition coefficient (Wildman–Crippen LogP) is -0.471. The summed E-state index contributed by atoms with van der Waals surface area (Å²) in [5, 5.41) is 8.34. The lowest BCUT2D eigenvalue weighted by Crippen LogP contribution is -2.59. The Hall–Kier alpha value is -3.52. The molecule has 0 aromatic rings. The van der Waals surface area contributed by atoms with E-state index in [4.69, 9.17) is 18.9 Å². The minimum Gasteiger partial charge on any atom is -0.411 e. The minimum atomic E-state index is -1.55. The van der Waals surface area contributed by atoms with E-state index in [0.29, 0.717) is 38.6 Å². The highest BCUT2D eigenvalue weighted by Gasteiger charge is 2.37. The fraction of sp³-hybridized carbons (Fsp3) is 0.636. The van der Waals surface area contributed by atoms with E-state index in [1.54, 1.807) is 0 Å². The molecule has 3 amide bonds. The summed E-state index contributed by atoms with van der Waals surface area (Å²) >= 11 is 0. The maximum atomic E-state index is 12.3. The van der Waals surface area contributed by atoms with Crippen LogP contribution in [0.3, 0.4) is 0 Å². The number of unbranched alkanes of at least 4 members (excludes halogenated alkanes) is 2. The van der Waals surface area contributed by atoms with E-state index >= 15 is 0 Å². The van der Waals surface area contributed by atoms with Crippen molar-refractivity contribution in [2.75, 3.05) is 13.1 Å². The van der Waals surface area contributed by atoms with Crippen LogP contribution in [0.25, 0.3) is 0 Å². The highest BCUT2D eigenvalue weighted by atomic mass is 16.8. The molecule has 36 heavy (non-hydrogen) atoms. The first kappa shape index (κ1) is 27.1. The molecule has 0 bridgehead atoms. The summed E-state index contributed by atoms with van der Waals surface area (Å²) in [5.41, 5.74) is 0. The third kappa shape index (κ3) is 8.02. The van der Waals surface area contributed by atoms with E-state index in [-0.39, 0.29) is 30.4 Å². The molecular formula is C22H30N4O10. The van der Waals surface area contributed by atoms with E-state index < -0.39 is 36.8 Å². The van der Waals surface area contributed by atoms with E-state index in [1.165, 1.54) is 12.2 Å². The van der Waals surface area contributed by atoms with Gasteiger partial charge in [0.05, 0.1) is 0 Å². The number of hydrogen-bond acceptors (Lipinski definition) is 12. The average Bonchev–Trinajstić information content (AvgIpc) is 3.13. The molecule has 4 atom stereocenters. The smallest absolute Gasteiger partial charge is 0.411 e. The highest BCUT2D eigenvalue weighted by molar-refractivity contribution is 6.29. The van der Waals surface area contributed by atoms with Crippen LogP contribution in [0, 0.1) is 0 Å². The molecule has 3 rings (SSSR count). The zero-order valence-electron chi connectivity index (χ0n) is 19.9. The van der Waals surface area contributed by atoms with Crippen LogP contribution < -0.4 is 16.0 Å². The fourth-order valence-electron chi connectivity index (χ4n) is 4.06. The second-order valence-corrected chi connectivity index (χ2v) is 8.47. The molecule has 2 heterocycles. The monoisotopic (exact) mass is 510 g/mol. The number of rotatable bonds is 8. The van der Waals surface area contributed by atoms with E-state index in [9.17, 15) is 28.8 Å². The topological polar surface area (TPSA) is 179 Å². The predicted molar refractivity (Wildman–Crippen MR) is 118 cm³/mol. The van der Waals surface area contributed by atoms with Crippen molar-refractivity contribution in [3.8, 4) is 0 Å². The van der Waals surface area contributed by atoms with Crippen molar-refractivity contribution in [3.63, 3.8) is 0 Å². The number of nitrogens with zero attached hydrogens (tertiary/aromatic N) is 1. The van der Waals surface area contributed by atoms with Crippen LogP contribution in [0.4, 0.5) is 4.79 Å². The average molecular weight is 511 g/mol. The Balaban J connectivity index is 1.47. The first-order valence-electron chi connectivity index (χ1n) is 11.8. The molecule has 0 aromatic carbocycles. The zero-order chi connectivity index (χ0) is 26.1. The van der Waals surface area contributed by atoms with Gasteiger partial charge in [-0.05, 0) is 32.1 Å². The van der Waals surface area contributed by atoms with Crippen LogP contribution in [0.1, 0.15) is 51.9 Å². The van der Waals surface area contributed by atoms with Crippen LogP contribution in [0.2, 0.25) is 0 Å². The Bertz CT molecular complexity index is 889. The molecular weight excluding hydrogens is 480 g/mol. The summed E-state index contributed by atoms with van der Waals surface area (Å²) in [6.07, 6.45) is 3.31. The number of fused-ring (bicyclic) bond motifs is 1. The lowest BCUT2D eigenvalue weighted by molar-refractivity contribution is -0.213. The summed E-state index contributed by atoms with van der Waals surface area (Å²) in [4.78, 5) is 71.9. The van der Waals surface area contributed by atoms with Crippen LogP contribution in [0.5, 0.6) is 0 Å². The summed E-state index contributed by atoms with van der Waals surface area (Å²) in [7, 11) is 0. The maximum absolute atomic E-state index is 12.3. The molecule has 0 aromatic heterocycles. The van der Waals surface area contributed by atoms with Crippen molar-refractivity contribution in [1.82, 2.24) is 20.9 Å². The zero-order valence-corrected chi connectivity index (χ0v) is 19.9. The van der Waals surface area contributed by atoms with Gasteiger partial charge in [0.15, 0.2) is 0 Å². The molecule has 14 nitrogen and oxygen atoms in total. The van der Waals surface area contributed by atoms with Gasteiger partial charge < -0.3 is 24.3 Å². The number of imide groups is 1. The first-order valence-corrected chi connectivity index (χ1v) is 11.8. The Morgan fingerprint density at radius 1 is 0.917 bits per heavy atom. The Kier molecular flexibility index (Phi) is 9.76. The van der Waals surface area contributed by atoms with Gasteiger partial charge in [-0.15, -0.1) is 0 Å².